The summed E-state index contributed by atoms with van der Waals surface area (Å²) >= 11 is 1.42. The van der Waals surface area contributed by atoms with Crippen LogP contribution in [0.15, 0.2) is 54.9 Å². The number of thiophene rings is 1. The van der Waals surface area contributed by atoms with Crippen LogP contribution in [0.1, 0.15) is 97.3 Å². The molecule has 0 spiro atoms. The summed E-state index contributed by atoms with van der Waals surface area (Å²) in [7, 11) is 0. The third-order valence-electron chi connectivity index (χ3n) is 10.8. The summed E-state index contributed by atoms with van der Waals surface area (Å²) in [6, 6.07) is 10.7. The number of benzene rings is 1. The van der Waals surface area contributed by atoms with Gasteiger partial charge in [-0.3, -0.25) is 14.4 Å². The van der Waals surface area contributed by atoms with Crippen molar-refractivity contribution in [2.24, 2.45) is 23.7 Å². The highest BCUT2D eigenvalue weighted by Crippen LogP contribution is 2.42. The second-order valence-electron chi connectivity index (χ2n) is 14.0. The van der Waals surface area contributed by atoms with Crippen LogP contribution in [0.5, 0.6) is 0 Å². The molecule has 1 aliphatic heterocycles. The van der Waals surface area contributed by atoms with Crippen LogP contribution >= 0.6 is 11.3 Å². The lowest BCUT2D eigenvalue weighted by atomic mass is 9.70. The van der Waals surface area contributed by atoms with Gasteiger partial charge >= 0.3 is 5.97 Å². The number of hydrogen-bond acceptors (Lipinski definition) is 6. The van der Waals surface area contributed by atoms with E-state index in [0.717, 1.165) is 58.6 Å². The Bertz CT molecular complexity index is 1600. The molecule has 6 rings (SSSR count). The Morgan fingerprint density at radius 2 is 1.67 bits per heavy atom. The topological polar surface area (TPSA) is 112 Å². The number of carbonyl (C=O) groups is 3. The molecule has 2 N–H and O–H groups in total. The number of rotatable bonds is 12. The van der Waals surface area contributed by atoms with Gasteiger partial charge in [-0.15, -0.1) is 11.3 Å². The first kappa shape index (κ1) is 34.0. The minimum atomic E-state index is -0.907. The Labute approximate surface area is 288 Å². The molecule has 2 fully saturated rings. The highest BCUT2D eigenvalue weighted by molar-refractivity contribution is 7.14. The van der Waals surface area contributed by atoms with Crippen LogP contribution in [-0.4, -0.2) is 56.9 Å². The molecule has 0 bridgehead atoms. The molecule has 3 aliphatic rings. The SMILES string of the molecule is CCCC1CCC(C2CC=C(c3cnc(-c4ccc(CC(NC(=O)c5ccc(CC)s5)C(=O)N5CC(C(=O)O)C5)cc4)nc3)CC2)CC1. The summed E-state index contributed by atoms with van der Waals surface area (Å²) in [5.41, 5.74) is 4.22. The lowest BCUT2D eigenvalue weighted by molar-refractivity contribution is -0.153. The number of nitrogens with zero attached hydrogens (tertiary/aromatic N) is 3. The number of carboxylic acid groups (broad SMARTS) is 1. The van der Waals surface area contributed by atoms with Gasteiger partial charge in [0.2, 0.25) is 5.91 Å². The zero-order valence-corrected chi connectivity index (χ0v) is 29.0. The number of nitrogens with one attached hydrogen (secondary N) is 1. The van der Waals surface area contributed by atoms with E-state index in [0.29, 0.717) is 17.1 Å². The second-order valence-corrected chi connectivity index (χ2v) is 15.1. The van der Waals surface area contributed by atoms with Crippen molar-refractivity contribution in [3.05, 3.63) is 75.7 Å². The maximum Gasteiger partial charge on any atom is 0.310 e. The maximum atomic E-state index is 13.4. The Balaban J connectivity index is 1.07. The lowest BCUT2D eigenvalue weighted by Crippen LogP contribution is -2.59. The average Bonchev–Trinajstić information content (AvgIpc) is 3.58. The average molecular weight is 669 g/mol. The highest BCUT2D eigenvalue weighted by atomic mass is 32.1. The van der Waals surface area contributed by atoms with E-state index in [1.807, 2.05) is 49.6 Å². The molecule has 2 amide bonds. The van der Waals surface area contributed by atoms with Crippen molar-refractivity contribution in [1.29, 1.82) is 0 Å². The van der Waals surface area contributed by atoms with E-state index >= 15 is 0 Å². The number of aryl methyl sites for hydroxylation is 1. The van der Waals surface area contributed by atoms with Crippen LogP contribution < -0.4 is 5.32 Å². The molecular weight excluding hydrogens is 621 g/mol. The van der Waals surface area contributed by atoms with Gasteiger partial charge in [0.05, 0.1) is 10.8 Å². The second kappa shape index (κ2) is 15.6. The summed E-state index contributed by atoms with van der Waals surface area (Å²) in [4.78, 5) is 50.4. The molecule has 9 heteroatoms. The van der Waals surface area contributed by atoms with Gasteiger partial charge < -0.3 is 15.3 Å². The molecule has 2 atom stereocenters. The number of amides is 2. The van der Waals surface area contributed by atoms with Crippen LogP contribution in [0.25, 0.3) is 17.0 Å². The Morgan fingerprint density at radius 3 is 2.27 bits per heavy atom. The molecule has 2 aliphatic carbocycles. The zero-order valence-electron chi connectivity index (χ0n) is 28.2. The smallest absolute Gasteiger partial charge is 0.310 e. The summed E-state index contributed by atoms with van der Waals surface area (Å²) in [5, 5.41) is 12.2. The van der Waals surface area contributed by atoms with Gasteiger partial charge in [0.1, 0.15) is 6.04 Å². The van der Waals surface area contributed by atoms with E-state index in [1.54, 1.807) is 6.07 Å². The summed E-state index contributed by atoms with van der Waals surface area (Å²) in [5.74, 6) is 1.28. The van der Waals surface area contributed by atoms with Gasteiger partial charge in [-0.05, 0) is 79.5 Å². The van der Waals surface area contributed by atoms with Crippen molar-refractivity contribution in [3.63, 3.8) is 0 Å². The van der Waals surface area contributed by atoms with Crippen LogP contribution in [0.4, 0.5) is 0 Å². The summed E-state index contributed by atoms with van der Waals surface area (Å²) in [6.45, 7) is 4.66. The zero-order chi connectivity index (χ0) is 33.6. The van der Waals surface area contributed by atoms with Gasteiger partial charge in [0.15, 0.2) is 5.82 Å². The molecule has 48 heavy (non-hydrogen) atoms. The van der Waals surface area contributed by atoms with Crippen LogP contribution in [0.3, 0.4) is 0 Å². The van der Waals surface area contributed by atoms with Crippen molar-refractivity contribution in [1.82, 2.24) is 20.2 Å². The van der Waals surface area contributed by atoms with Gasteiger partial charge in [-0.2, -0.15) is 0 Å². The standard InChI is InChI=1S/C39H48N4O4S/c1-3-5-25-6-10-27(11-7-25)28-14-16-29(17-15-28)31-21-40-36(41-22-31)30-12-8-26(9-13-30)20-34(38(45)43-23-32(24-43)39(46)47)42-37(44)35-19-18-33(4-2)48-35/h8-9,12-13,16,18-19,21-22,25,27-28,32,34H,3-7,10-11,14-15,17,20,23-24H2,1-2H3,(H,42,44)(H,46,47). The molecule has 3 heterocycles. The third kappa shape index (κ3) is 8.05. The quantitative estimate of drug-likeness (QED) is 0.208. The molecule has 1 saturated carbocycles. The van der Waals surface area contributed by atoms with Gasteiger partial charge in [0, 0.05) is 47.9 Å². The van der Waals surface area contributed by atoms with Crippen LogP contribution in [0.2, 0.25) is 0 Å². The molecule has 0 radical (unpaired) electrons. The number of carboxylic acids is 1. The predicted octanol–water partition coefficient (Wildman–Crippen LogP) is 7.44. The molecule has 1 saturated heterocycles. The molecule has 2 aromatic heterocycles. The van der Waals surface area contributed by atoms with Gasteiger partial charge in [-0.1, -0.05) is 69.9 Å². The van der Waals surface area contributed by atoms with Gasteiger partial charge in [0.25, 0.3) is 5.91 Å². The van der Waals surface area contributed by atoms with Crippen molar-refractivity contribution >= 4 is 34.7 Å². The van der Waals surface area contributed by atoms with Gasteiger partial charge in [-0.25, -0.2) is 9.97 Å². The van der Waals surface area contributed by atoms with E-state index in [1.165, 1.54) is 66.8 Å². The monoisotopic (exact) mass is 668 g/mol. The summed E-state index contributed by atoms with van der Waals surface area (Å²) in [6.07, 6.45) is 19.3. The third-order valence-corrected chi connectivity index (χ3v) is 12.0. The first-order valence-corrected chi connectivity index (χ1v) is 18.6. The molecule has 3 aromatic rings. The van der Waals surface area contributed by atoms with E-state index in [9.17, 15) is 19.5 Å². The van der Waals surface area contributed by atoms with Crippen molar-refractivity contribution in [2.75, 3.05) is 13.1 Å². The number of hydrogen-bond donors (Lipinski definition) is 2. The first-order chi connectivity index (χ1) is 23.3. The molecule has 254 valence electrons. The van der Waals surface area contributed by atoms with E-state index in [-0.39, 0.29) is 24.9 Å². The Hall–Kier alpha value is -3.85. The molecular formula is C39H48N4O4S. The minimum absolute atomic E-state index is 0.156. The number of likely N-dealkylation sites (tertiary alicyclic amines) is 1. The minimum Gasteiger partial charge on any atom is -0.481 e. The fraction of sp³-hybridized carbons (Fsp3) is 0.513. The summed E-state index contributed by atoms with van der Waals surface area (Å²) < 4.78 is 0. The lowest BCUT2D eigenvalue weighted by Gasteiger charge is -2.38. The fourth-order valence-electron chi connectivity index (χ4n) is 7.72. The number of carbonyl (C=O) groups excluding carboxylic acids is 2. The van der Waals surface area contributed by atoms with Crippen LogP contribution in [0, 0.1) is 23.7 Å². The van der Waals surface area contributed by atoms with Crippen LogP contribution in [-0.2, 0) is 22.4 Å². The maximum absolute atomic E-state index is 13.4. The molecule has 1 aromatic carbocycles. The molecule has 2 unspecified atom stereocenters. The Morgan fingerprint density at radius 1 is 0.938 bits per heavy atom. The van der Waals surface area contributed by atoms with Crippen molar-refractivity contribution < 1.29 is 19.5 Å². The normalized spacial score (nSPS) is 22.0. The molecule has 8 nitrogen and oxygen atoms in total. The van der Waals surface area contributed by atoms with Crippen molar-refractivity contribution in [2.45, 2.75) is 90.5 Å². The fourth-order valence-corrected chi connectivity index (χ4v) is 8.57. The first-order valence-electron chi connectivity index (χ1n) is 17.8. The van der Waals surface area contributed by atoms with E-state index in [4.69, 9.17) is 9.97 Å². The number of aromatic nitrogens is 2. The van der Waals surface area contributed by atoms with E-state index in [2.05, 4.69) is 18.3 Å². The number of allylic oxidation sites excluding steroid dienone is 2. The van der Waals surface area contributed by atoms with Crippen molar-refractivity contribution in [3.8, 4) is 11.4 Å². The predicted molar refractivity (Wildman–Crippen MR) is 190 cm³/mol. The highest BCUT2D eigenvalue weighted by Gasteiger charge is 2.39. The number of aliphatic carboxylic acids is 1. The Kier molecular flexibility index (Phi) is 11.0. The van der Waals surface area contributed by atoms with E-state index < -0.39 is 17.9 Å². The largest absolute Gasteiger partial charge is 0.481 e.